The number of hydrogen-bond acceptors (Lipinski definition) is 6. The van der Waals surface area contributed by atoms with Crippen LogP contribution in [-0.4, -0.2) is 96.1 Å². The lowest BCUT2D eigenvalue weighted by Gasteiger charge is -2.35. The van der Waals surface area contributed by atoms with Crippen LogP contribution in [0.4, 0.5) is 5.69 Å². The van der Waals surface area contributed by atoms with Gasteiger partial charge in [-0.1, -0.05) is 6.07 Å². The van der Waals surface area contributed by atoms with E-state index in [4.69, 9.17) is 0 Å². The van der Waals surface area contributed by atoms with E-state index in [0.29, 0.717) is 38.4 Å². The first-order chi connectivity index (χ1) is 13.2. The molecule has 1 aromatic carbocycles. The lowest BCUT2D eigenvalue weighted by atomic mass is 10.0. The summed E-state index contributed by atoms with van der Waals surface area (Å²) in [6.07, 6.45) is -0.148. The van der Waals surface area contributed by atoms with Gasteiger partial charge in [0.25, 0.3) is 0 Å². The highest BCUT2D eigenvalue weighted by molar-refractivity contribution is 5.93. The standard InChI is InChI=1S/C19H28N4O5/c1-21(2)18(26)13-23-8-6-22(7-9-23)12-14(19(27)28)10-17(25)20-15-4-3-5-16(24)11-15/h3-5,11,14,24H,6-10,12-13H2,1-2H3,(H,20,25)(H,27,28)/t14-/m0/s1. The van der Waals surface area contributed by atoms with E-state index in [0.717, 1.165) is 0 Å². The molecule has 1 fully saturated rings. The van der Waals surface area contributed by atoms with Crippen LogP contribution in [0, 0.1) is 5.92 Å². The van der Waals surface area contributed by atoms with Crippen LogP contribution in [0.15, 0.2) is 24.3 Å². The maximum atomic E-state index is 12.2. The Labute approximate surface area is 164 Å². The number of nitrogens with one attached hydrogen (secondary N) is 1. The Morgan fingerprint density at radius 1 is 1.14 bits per heavy atom. The summed E-state index contributed by atoms with van der Waals surface area (Å²) in [4.78, 5) is 41.2. The molecule has 1 aromatic rings. The van der Waals surface area contributed by atoms with Crippen LogP contribution in [0.25, 0.3) is 0 Å². The Morgan fingerprint density at radius 2 is 1.79 bits per heavy atom. The highest BCUT2D eigenvalue weighted by atomic mass is 16.4. The minimum absolute atomic E-state index is 0.0261. The Balaban J connectivity index is 1.82. The van der Waals surface area contributed by atoms with Crippen molar-refractivity contribution in [3.05, 3.63) is 24.3 Å². The van der Waals surface area contributed by atoms with Crippen molar-refractivity contribution >= 4 is 23.5 Å². The van der Waals surface area contributed by atoms with Crippen molar-refractivity contribution in [3.63, 3.8) is 0 Å². The van der Waals surface area contributed by atoms with E-state index in [1.54, 1.807) is 31.1 Å². The van der Waals surface area contributed by atoms with Crippen LogP contribution in [0.3, 0.4) is 0 Å². The third-order valence-corrected chi connectivity index (χ3v) is 4.71. The Hall–Kier alpha value is -2.65. The molecule has 0 aliphatic carbocycles. The Morgan fingerprint density at radius 3 is 2.36 bits per heavy atom. The van der Waals surface area contributed by atoms with Crippen molar-refractivity contribution in [1.29, 1.82) is 0 Å². The second-order valence-electron chi connectivity index (χ2n) is 7.20. The van der Waals surface area contributed by atoms with Gasteiger partial charge in [-0.3, -0.25) is 24.2 Å². The first-order valence-electron chi connectivity index (χ1n) is 9.21. The number of rotatable bonds is 8. The summed E-state index contributed by atoms with van der Waals surface area (Å²) in [6.45, 7) is 3.30. The maximum Gasteiger partial charge on any atom is 0.308 e. The molecule has 154 valence electrons. The molecule has 2 rings (SSSR count). The van der Waals surface area contributed by atoms with Gasteiger partial charge in [-0.2, -0.15) is 0 Å². The minimum Gasteiger partial charge on any atom is -0.508 e. The number of aromatic hydroxyl groups is 1. The molecular formula is C19H28N4O5. The Bertz CT molecular complexity index is 701. The number of carbonyl (C=O) groups excluding carboxylic acids is 2. The van der Waals surface area contributed by atoms with E-state index in [1.807, 2.05) is 9.80 Å². The van der Waals surface area contributed by atoms with Gasteiger partial charge in [0.1, 0.15) is 5.75 Å². The molecule has 1 atom stereocenters. The normalized spacial score (nSPS) is 16.4. The summed E-state index contributed by atoms with van der Waals surface area (Å²) in [7, 11) is 3.44. The number of benzene rings is 1. The lowest BCUT2D eigenvalue weighted by Crippen LogP contribution is -2.50. The number of piperazine rings is 1. The smallest absolute Gasteiger partial charge is 0.308 e. The van der Waals surface area contributed by atoms with Crippen molar-refractivity contribution in [2.75, 3.05) is 58.7 Å². The molecule has 2 amide bonds. The molecule has 0 bridgehead atoms. The minimum atomic E-state index is -1.02. The predicted octanol–water partition coefficient (Wildman–Crippen LogP) is 0.127. The molecule has 0 spiro atoms. The molecule has 28 heavy (non-hydrogen) atoms. The third-order valence-electron chi connectivity index (χ3n) is 4.71. The van der Waals surface area contributed by atoms with Gasteiger partial charge in [0, 0.05) is 65.0 Å². The van der Waals surface area contributed by atoms with E-state index in [2.05, 4.69) is 5.32 Å². The van der Waals surface area contributed by atoms with Gasteiger partial charge in [0.15, 0.2) is 0 Å². The molecule has 1 heterocycles. The van der Waals surface area contributed by atoms with Crippen molar-refractivity contribution in [2.45, 2.75) is 6.42 Å². The summed E-state index contributed by atoms with van der Waals surface area (Å²) in [5.41, 5.74) is 0.424. The van der Waals surface area contributed by atoms with Crippen molar-refractivity contribution < 1.29 is 24.6 Å². The van der Waals surface area contributed by atoms with E-state index in [1.165, 1.54) is 12.1 Å². The number of nitrogens with zero attached hydrogens (tertiary/aromatic N) is 3. The summed E-state index contributed by atoms with van der Waals surface area (Å²) >= 11 is 0. The second kappa shape index (κ2) is 10.0. The topological polar surface area (TPSA) is 113 Å². The maximum absolute atomic E-state index is 12.2. The van der Waals surface area contributed by atoms with Crippen LogP contribution in [0.1, 0.15) is 6.42 Å². The van der Waals surface area contributed by atoms with Crippen molar-refractivity contribution in [2.24, 2.45) is 5.92 Å². The van der Waals surface area contributed by atoms with Gasteiger partial charge in [-0.15, -0.1) is 0 Å². The van der Waals surface area contributed by atoms with Crippen LogP contribution in [-0.2, 0) is 14.4 Å². The number of anilines is 1. The lowest BCUT2D eigenvalue weighted by molar-refractivity contribution is -0.144. The fourth-order valence-electron chi connectivity index (χ4n) is 3.02. The number of carboxylic acid groups (broad SMARTS) is 1. The molecule has 9 nitrogen and oxygen atoms in total. The number of hydrogen-bond donors (Lipinski definition) is 3. The molecule has 0 saturated carbocycles. The zero-order chi connectivity index (χ0) is 20.7. The number of amides is 2. The van der Waals surface area contributed by atoms with Gasteiger partial charge >= 0.3 is 5.97 Å². The van der Waals surface area contributed by atoms with E-state index < -0.39 is 17.8 Å². The van der Waals surface area contributed by atoms with Crippen molar-refractivity contribution in [1.82, 2.24) is 14.7 Å². The number of carbonyl (C=O) groups is 3. The highest BCUT2D eigenvalue weighted by Crippen LogP contribution is 2.17. The van der Waals surface area contributed by atoms with Crippen LogP contribution in [0.5, 0.6) is 5.75 Å². The summed E-state index contributed by atoms with van der Waals surface area (Å²) in [5.74, 6) is -2.18. The zero-order valence-corrected chi connectivity index (χ0v) is 16.3. The first-order valence-corrected chi connectivity index (χ1v) is 9.21. The third kappa shape index (κ3) is 6.82. The van der Waals surface area contributed by atoms with E-state index in [-0.39, 0.29) is 24.6 Å². The van der Waals surface area contributed by atoms with Crippen LogP contribution in [0.2, 0.25) is 0 Å². The Kier molecular flexibility index (Phi) is 7.77. The molecule has 0 aromatic heterocycles. The number of likely N-dealkylation sites (N-methyl/N-ethyl adjacent to an activating group) is 1. The SMILES string of the molecule is CN(C)C(=O)CN1CCN(C[C@H](CC(=O)Nc2cccc(O)c2)C(=O)O)CC1. The summed E-state index contributed by atoms with van der Waals surface area (Å²) in [6, 6.07) is 6.12. The average molecular weight is 392 g/mol. The molecule has 0 radical (unpaired) electrons. The number of aliphatic carboxylic acids is 1. The quantitative estimate of drug-likeness (QED) is 0.576. The zero-order valence-electron chi connectivity index (χ0n) is 16.3. The molecular weight excluding hydrogens is 364 g/mol. The van der Waals surface area contributed by atoms with Gasteiger partial charge in [-0.25, -0.2) is 0 Å². The number of phenols is 1. The first kappa shape index (κ1) is 21.6. The van der Waals surface area contributed by atoms with Crippen LogP contribution >= 0.6 is 0 Å². The number of carboxylic acids is 1. The molecule has 9 heteroatoms. The monoisotopic (exact) mass is 392 g/mol. The molecule has 0 unspecified atom stereocenters. The van der Waals surface area contributed by atoms with Crippen molar-refractivity contribution in [3.8, 4) is 5.75 Å². The second-order valence-corrected chi connectivity index (χ2v) is 7.20. The van der Waals surface area contributed by atoms with Gasteiger partial charge in [0.2, 0.25) is 11.8 Å². The van der Waals surface area contributed by atoms with Gasteiger partial charge < -0.3 is 20.4 Å². The number of phenolic OH excluding ortho intramolecular Hbond substituents is 1. The molecule has 3 N–H and O–H groups in total. The van der Waals surface area contributed by atoms with Crippen LogP contribution < -0.4 is 5.32 Å². The average Bonchev–Trinajstić information content (AvgIpc) is 2.62. The fraction of sp³-hybridized carbons (Fsp3) is 0.526. The largest absolute Gasteiger partial charge is 0.508 e. The molecule has 1 aliphatic heterocycles. The summed E-state index contributed by atoms with van der Waals surface area (Å²) in [5, 5.41) is 21.5. The van der Waals surface area contributed by atoms with Gasteiger partial charge in [0.05, 0.1) is 12.5 Å². The van der Waals surface area contributed by atoms with E-state index in [9.17, 15) is 24.6 Å². The van der Waals surface area contributed by atoms with Gasteiger partial charge in [-0.05, 0) is 12.1 Å². The molecule has 1 aliphatic rings. The summed E-state index contributed by atoms with van der Waals surface area (Å²) < 4.78 is 0. The molecule has 1 saturated heterocycles. The van der Waals surface area contributed by atoms with E-state index >= 15 is 0 Å². The predicted molar refractivity (Wildman–Crippen MR) is 104 cm³/mol. The highest BCUT2D eigenvalue weighted by Gasteiger charge is 2.27. The fourth-order valence-corrected chi connectivity index (χ4v) is 3.02.